The van der Waals surface area contributed by atoms with E-state index in [1.54, 1.807) is 6.07 Å². The van der Waals surface area contributed by atoms with Gasteiger partial charge in [-0.3, -0.25) is 4.79 Å². The summed E-state index contributed by atoms with van der Waals surface area (Å²) in [6.07, 6.45) is 0. The van der Waals surface area contributed by atoms with E-state index < -0.39 is 0 Å². The fraction of sp³-hybridized carbons (Fsp3) is 0.200. The van der Waals surface area contributed by atoms with E-state index >= 15 is 0 Å². The van der Waals surface area contributed by atoms with Gasteiger partial charge in [-0.25, -0.2) is 4.79 Å². The molecule has 3 aromatic carbocycles. The Hall–Kier alpha value is -3.44. The van der Waals surface area contributed by atoms with Gasteiger partial charge < -0.3 is 14.6 Å². The molecule has 5 heteroatoms. The number of quaternary nitrogens is 1. The number of aryl methyl sites for hydroxylation is 2. The quantitative estimate of drug-likeness (QED) is 0.399. The first-order valence-electron chi connectivity index (χ1n) is 10.0. The average molecular weight is 401 g/mol. The topological polar surface area (TPSA) is 63.8 Å². The van der Waals surface area contributed by atoms with Crippen LogP contribution in [-0.4, -0.2) is 19.5 Å². The lowest BCUT2D eigenvalue weighted by Crippen LogP contribution is -3.08. The summed E-state index contributed by atoms with van der Waals surface area (Å²) in [6.45, 7) is 4.80. The number of rotatable bonds is 5. The minimum absolute atomic E-state index is 0.0537. The van der Waals surface area contributed by atoms with E-state index in [2.05, 4.69) is 5.32 Å². The van der Waals surface area contributed by atoms with Crippen LogP contribution in [0.3, 0.4) is 0 Å². The average Bonchev–Trinajstić information content (AvgIpc) is 2.70. The molecule has 4 aromatic rings. The highest BCUT2D eigenvalue weighted by Gasteiger charge is 2.16. The molecule has 30 heavy (non-hydrogen) atoms. The summed E-state index contributed by atoms with van der Waals surface area (Å²) in [7, 11) is 1.95. The van der Waals surface area contributed by atoms with Crippen LogP contribution in [0.1, 0.15) is 16.7 Å². The first-order valence-corrected chi connectivity index (χ1v) is 10.0. The van der Waals surface area contributed by atoms with Crippen LogP contribution in [-0.2, 0) is 11.3 Å². The van der Waals surface area contributed by atoms with Gasteiger partial charge in [0.2, 0.25) is 0 Å². The van der Waals surface area contributed by atoms with Crippen molar-refractivity contribution in [1.29, 1.82) is 0 Å². The molecule has 1 amide bonds. The smallest absolute Gasteiger partial charge is 0.336 e. The maximum absolute atomic E-state index is 12.6. The van der Waals surface area contributed by atoms with Crippen LogP contribution in [0, 0.1) is 13.8 Å². The minimum Gasteiger partial charge on any atom is -0.423 e. The van der Waals surface area contributed by atoms with E-state index in [0.717, 1.165) is 43.4 Å². The Labute approximate surface area is 174 Å². The van der Waals surface area contributed by atoms with Gasteiger partial charge in [0.1, 0.15) is 12.1 Å². The van der Waals surface area contributed by atoms with Gasteiger partial charge in [-0.1, -0.05) is 48.5 Å². The number of anilines is 1. The van der Waals surface area contributed by atoms with Gasteiger partial charge in [0.15, 0.2) is 6.54 Å². The van der Waals surface area contributed by atoms with Crippen molar-refractivity contribution in [3.8, 4) is 0 Å². The molecule has 0 aliphatic carbocycles. The molecule has 4 rings (SSSR count). The van der Waals surface area contributed by atoms with Gasteiger partial charge in [0.25, 0.3) is 5.91 Å². The summed E-state index contributed by atoms with van der Waals surface area (Å²) in [5, 5.41) is 6.10. The predicted octanol–water partition coefficient (Wildman–Crippen LogP) is 3.22. The zero-order chi connectivity index (χ0) is 21.3. The van der Waals surface area contributed by atoms with Crippen LogP contribution in [0.2, 0.25) is 0 Å². The second-order valence-electron chi connectivity index (χ2n) is 7.88. The molecule has 2 N–H and O–H groups in total. The van der Waals surface area contributed by atoms with Crippen LogP contribution in [0.4, 0.5) is 5.69 Å². The fourth-order valence-electron chi connectivity index (χ4n) is 4.02. The number of hydrogen-bond donors (Lipinski definition) is 2. The Morgan fingerprint density at radius 1 is 1.00 bits per heavy atom. The SMILES string of the molecule is Cc1cccc(C)c1NC(=O)C[NH+](C)Cc1cc(=O)oc2ccc3ccccc3c12. The standard InChI is InChI=1S/C25H24N2O3/c1-16-7-6-8-17(2)25(16)26-22(28)15-27(3)14-19-13-23(29)30-21-12-11-18-9-4-5-10-20(18)24(19)21/h4-13H,14-15H2,1-3H3,(H,26,28)/p+1. The van der Waals surface area contributed by atoms with Crippen molar-refractivity contribution < 1.29 is 14.1 Å². The largest absolute Gasteiger partial charge is 0.423 e. The van der Waals surface area contributed by atoms with Crippen LogP contribution in [0.5, 0.6) is 0 Å². The Morgan fingerprint density at radius 3 is 2.50 bits per heavy atom. The molecule has 0 radical (unpaired) electrons. The Balaban J connectivity index is 1.60. The minimum atomic E-state index is -0.374. The summed E-state index contributed by atoms with van der Waals surface area (Å²) in [5.41, 5.74) is 4.03. The molecule has 0 aliphatic rings. The second kappa shape index (κ2) is 8.13. The first-order chi connectivity index (χ1) is 14.4. The number of carbonyl (C=O) groups excluding carboxylic acids is 1. The van der Waals surface area contributed by atoms with Crippen molar-refractivity contribution in [3.63, 3.8) is 0 Å². The third-order valence-corrected chi connectivity index (χ3v) is 5.41. The number of nitrogens with one attached hydrogen (secondary N) is 2. The van der Waals surface area contributed by atoms with Crippen LogP contribution >= 0.6 is 0 Å². The predicted molar refractivity (Wildman–Crippen MR) is 120 cm³/mol. The normalized spacial score (nSPS) is 12.2. The molecule has 0 fully saturated rings. The molecule has 0 spiro atoms. The number of amides is 1. The third-order valence-electron chi connectivity index (χ3n) is 5.41. The van der Waals surface area contributed by atoms with E-state index in [-0.39, 0.29) is 11.5 Å². The van der Waals surface area contributed by atoms with Crippen molar-refractivity contribution >= 4 is 33.3 Å². The van der Waals surface area contributed by atoms with Crippen molar-refractivity contribution in [1.82, 2.24) is 0 Å². The number of fused-ring (bicyclic) bond motifs is 3. The van der Waals surface area contributed by atoms with Gasteiger partial charge >= 0.3 is 5.63 Å². The monoisotopic (exact) mass is 401 g/mol. The van der Waals surface area contributed by atoms with Crippen molar-refractivity contribution in [2.75, 3.05) is 18.9 Å². The molecule has 0 saturated heterocycles. The molecule has 1 aromatic heterocycles. The van der Waals surface area contributed by atoms with Gasteiger partial charge in [-0.15, -0.1) is 0 Å². The fourth-order valence-corrected chi connectivity index (χ4v) is 4.02. The number of carbonyl (C=O) groups is 1. The van der Waals surface area contributed by atoms with E-state index in [4.69, 9.17) is 4.42 Å². The van der Waals surface area contributed by atoms with Crippen LogP contribution in [0.25, 0.3) is 21.7 Å². The van der Waals surface area contributed by atoms with E-state index in [0.29, 0.717) is 18.7 Å². The molecule has 0 bridgehead atoms. The third kappa shape index (κ3) is 3.98. The maximum Gasteiger partial charge on any atom is 0.336 e. The number of para-hydroxylation sites is 1. The van der Waals surface area contributed by atoms with Gasteiger partial charge in [0, 0.05) is 22.7 Å². The molecular weight excluding hydrogens is 376 g/mol. The lowest BCUT2D eigenvalue weighted by Gasteiger charge is -2.17. The zero-order valence-electron chi connectivity index (χ0n) is 17.4. The zero-order valence-corrected chi connectivity index (χ0v) is 17.4. The summed E-state index contributed by atoms with van der Waals surface area (Å²) >= 11 is 0. The van der Waals surface area contributed by atoms with E-state index in [1.807, 2.05) is 75.5 Å². The highest BCUT2D eigenvalue weighted by atomic mass is 16.4. The molecule has 1 unspecified atom stereocenters. The van der Waals surface area contributed by atoms with Gasteiger partial charge in [-0.2, -0.15) is 0 Å². The Morgan fingerprint density at radius 2 is 1.73 bits per heavy atom. The Kier molecular flexibility index (Phi) is 5.38. The van der Waals surface area contributed by atoms with Crippen molar-refractivity contribution in [3.05, 3.63) is 87.8 Å². The molecule has 152 valence electrons. The number of hydrogen-bond acceptors (Lipinski definition) is 3. The van der Waals surface area contributed by atoms with E-state index in [1.165, 1.54) is 0 Å². The second-order valence-corrected chi connectivity index (χ2v) is 7.88. The molecule has 1 atom stereocenters. The van der Waals surface area contributed by atoms with Gasteiger partial charge in [-0.05, 0) is 41.8 Å². The van der Waals surface area contributed by atoms with Crippen LogP contribution < -0.4 is 15.8 Å². The highest BCUT2D eigenvalue weighted by molar-refractivity contribution is 6.07. The maximum atomic E-state index is 12.6. The number of benzene rings is 3. The molecule has 1 heterocycles. The molecule has 0 saturated carbocycles. The summed E-state index contributed by atoms with van der Waals surface area (Å²) in [4.78, 5) is 25.7. The molecular formula is C25H25N2O3+. The Bertz CT molecular complexity index is 1290. The van der Waals surface area contributed by atoms with Gasteiger partial charge in [0.05, 0.1) is 7.05 Å². The lowest BCUT2D eigenvalue weighted by atomic mass is 10.0. The first kappa shape index (κ1) is 19.9. The lowest BCUT2D eigenvalue weighted by molar-refractivity contribution is -0.885. The number of likely N-dealkylation sites (N-methyl/N-ethyl adjacent to an activating group) is 1. The highest BCUT2D eigenvalue weighted by Crippen LogP contribution is 2.27. The summed E-state index contributed by atoms with van der Waals surface area (Å²) in [5.74, 6) is -0.0537. The molecule has 0 aliphatic heterocycles. The van der Waals surface area contributed by atoms with Crippen molar-refractivity contribution in [2.45, 2.75) is 20.4 Å². The summed E-state index contributed by atoms with van der Waals surface area (Å²) in [6, 6.07) is 19.3. The molecule has 5 nitrogen and oxygen atoms in total. The van der Waals surface area contributed by atoms with Crippen molar-refractivity contribution in [2.24, 2.45) is 0 Å². The summed E-state index contributed by atoms with van der Waals surface area (Å²) < 4.78 is 5.43. The van der Waals surface area contributed by atoms with Crippen LogP contribution in [0.15, 0.2) is 69.9 Å². The van der Waals surface area contributed by atoms with E-state index in [9.17, 15) is 9.59 Å².